The molecule has 1 aromatic carbocycles. The van der Waals surface area contributed by atoms with Gasteiger partial charge in [-0.15, -0.1) is 11.3 Å². The number of benzene rings is 1. The standard InChI is InChI=1S/C14H14FN3S/c1-10-14(19-9-17-10)8-18(2)7-12-5-11(6-16)3-4-13(12)15/h3-5,9H,7-8H2,1-2H3. The van der Waals surface area contributed by atoms with E-state index in [4.69, 9.17) is 5.26 Å². The third kappa shape index (κ3) is 3.37. The minimum absolute atomic E-state index is 0.271. The molecule has 0 fully saturated rings. The van der Waals surface area contributed by atoms with Crippen LogP contribution in [0.4, 0.5) is 4.39 Å². The Bertz CT molecular complexity index is 615. The van der Waals surface area contributed by atoms with Crippen LogP contribution in [0.5, 0.6) is 0 Å². The lowest BCUT2D eigenvalue weighted by atomic mass is 10.1. The Kier molecular flexibility index (Phi) is 4.25. The van der Waals surface area contributed by atoms with E-state index in [2.05, 4.69) is 4.98 Å². The van der Waals surface area contributed by atoms with Crippen molar-refractivity contribution in [3.8, 4) is 6.07 Å². The van der Waals surface area contributed by atoms with Crippen molar-refractivity contribution in [1.82, 2.24) is 9.88 Å². The van der Waals surface area contributed by atoms with Crippen molar-refractivity contribution in [2.24, 2.45) is 0 Å². The SMILES string of the molecule is Cc1ncsc1CN(C)Cc1cc(C#N)ccc1F. The molecule has 0 saturated carbocycles. The summed E-state index contributed by atoms with van der Waals surface area (Å²) in [6, 6.07) is 6.47. The van der Waals surface area contributed by atoms with E-state index in [0.29, 0.717) is 17.7 Å². The van der Waals surface area contributed by atoms with Crippen molar-refractivity contribution in [3.05, 3.63) is 51.2 Å². The van der Waals surface area contributed by atoms with Crippen LogP contribution in [0, 0.1) is 24.1 Å². The smallest absolute Gasteiger partial charge is 0.127 e. The molecule has 0 amide bonds. The molecule has 0 aliphatic carbocycles. The molecule has 0 aliphatic heterocycles. The van der Waals surface area contributed by atoms with Crippen LogP contribution < -0.4 is 0 Å². The fraction of sp³-hybridized carbons (Fsp3) is 0.286. The number of thiazole rings is 1. The third-order valence-corrected chi connectivity index (χ3v) is 3.79. The number of hydrogen-bond acceptors (Lipinski definition) is 4. The Morgan fingerprint density at radius 3 is 2.84 bits per heavy atom. The highest BCUT2D eigenvalue weighted by molar-refractivity contribution is 7.09. The van der Waals surface area contributed by atoms with Crippen LogP contribution in [0.25, 0.3) is 0 Å². The van der Waals surface area contributed by atoms with Crippen LogP contribution in [0.3, 0.4) is 0 Å². The van der Waals surface area contributed by atoms with Crippen molar-refractivity contribution in [1.29, 1.82) is 5.26 Å². The molecule has 0 atom stereocenters. The van der Waals surface area contributed by atoms with Crippen LogP contribution in [0.2, 0.25) is 0 Å². The summed E-state index contributed by atoms with van der Waals surface area (Å²) >= 11 is 1.60. The third-order valence-electron chi connectivity index (χ3n) is 2.87. The molecule has 5 heteroatoms. The van der Waals surface area contributed by atoms with Crippen molar-refractivity contribution in [2.75, 3.05) is 7.05 Å². The predicted molar refractivity (Wildman–Crippen MR) is 73.1 cm³/mol. The van der Waals surface area contributed by atoms with E-state index in [-0.39, 0.29) is 5.82 Å². The normalized spacial score (nSPS) is 10.7. The first-order valence-electron chi connectivity index (χ1n) is 5.86. The van der Waals surface area contributed by atoms with Gasteiger partial charge in [0.25, 0.3) is 0 Å². The zero-order valence-electron chi connectivity index (χ0n) is 10.9. The first kappa shape index (κ1) is 13.7. The highest BCUT2D eigenvalue weighted by Gasteiger charge is 2.09. The molecule has 0 N–H and O–H groups in total. The number of nitrogens with zero attached hydrogens (tertiary/aromatic N) is 3. The maximum Gasteiger partial charge on any atom is 0.127 e. The lowest BCUT2D eigenvalue weighted by molar-refractivity contribution is 0.315. The van der Waals surface area contributed by atoms with E-state index >= 15 is 0 Å². The van der Waals surface area contributed by atoms with Crippen molar-refractivity contribution in [2.45, 2.75) is 20.0 Å². The molecule has 2 aromatic rings. The fourth-order valence-electron chi connectivity index (χ4n) is 1.84. The predicted octanol–water partition coefficient (Wildman–Crippen LogP) is 3.09. The first-order chi connectivity index (χ1) is 9.10. The molecule has 0 bridgehead atoms. The minimum atomic E-state index is -0.271. The molecule has 0 spiro atoms. The van der Waals surface area contributed by atoms with Gasteiger partial charge < -0.3 is 0 Å². The molecule has 0 radical (unpaired) electrons. The van der Waals surface area contributed by atoms with Crippen LogP contribution in [0.1, 0.15) is 21.7 Å². The zero-order chi connectivity index (χ0) is 13.8. The molecule has 0 unspecified atom stereocenters. The molecular formula is C14H14FN3S. The van der Waals surface area contributed by atoms with Gasteiger partial charge in [0.15, 0.2) is 0 Å². The Morgan fingerprint density at radius 2 is 2.21 bits per heavy atom. The van der Waals surface area contributed by atoms with Crippen LogP contribution in [-0.4, -0.2) is 16.9 Å². The zero-order valence-corrected chi connectivity index (χ0v) is 11.7. The molecule has 1 aromatic heterocycles. The van der Waals surface area contributed by atoms with Gasteiger partial charge >= 0.3 is 0 Å². The number of aromatic nitrogens is 1. The summed E-state index contributed by atoms with van der Waals surface area (Å²) < 4.78 is 13.7. The Labute approximate surface area is 115 Å². The Morgan fingerprint density at radius 1 is 1.42 bits per heavy atom. The van der Waals surface area contributed by atoms with Gasteiger partial charge in [0.05, 0.1) is 22.8 Å². The summed E-state index contributed by atoms with van der Waals surface area (Å²) in [5.41, 5.74) is 3.86. The van der Waals surface area contributed by atoms with E-state index in [1.807, 2.05) is 30.5 Å². The number of hydrogen-bond donors (Lipinski definition) is 0. The maximum atomic E-state index is 13.7. The fourth-order valence-corrected chi connectivity index (χ4v) is 2.69. The maximum absolute atomic E-state index is 13.7. The van der Waals surface area contributed by atoms with Gasteiger partial charge in [0.1, 0.15) is 5.82 Å². The van der Waals surface area contributed by atoms with Gasteiger partial charge in [-0.2, -0.15) is 5.26 Å². The summed E-state index contributed by atoms with van der Waals surface area (Å²) in [7, 11) is 1.93. The van der Waals surface area contributed by atoms with E-state index < -0.39 is 0 Å². The lowest BCUT2D eigenvalue weighted by Gasteiger charge is -2.16. The molecule has 0 aliphatic rings. The molecule has 98 valence electrons. The average molecular weight is 275 g/mol. The molecule has 0 saturated heterocycles. The average Bonchev–Trinajstić information content (AvgIpc) is 2.78. The molecular weight excluding hydrogens is 261 g/mol. The van der Waals surface area contributed by atoms with Gasteiger partial charge in [-0.25, -0.2) is 9.37 Å². The quantitative estimate of drug-likeness (QED) is 0.860. The molecule has 1 heterocycles. The minimum Gasteiger partial charge on any atom is -0.297 e. The summed E-state index contributed by atoms with van der Waals surface area (Å²) in [5.74, 6) is -0.271. The van der Waals surface area contributed by atoms with E-state index in [1.165, 1.54) is 17.0 Å². The monoisotopic (exact) mass is 275 g/mol. The van der Waals surface area contributed by atoms with Crippen LogP contribution in [-0.2, 0) is 13.1 Å². The van der Waals surface area contributed by atoms with Crippen molar-refractivity contribution >= 4 is 11.3 Å². The second-order valence-electron chi connectivity index (χ2n) is 4.45. The Balaban J connectivity index is 2.09. The van der Waals surface area contributed by atoms with Gasteiger partial charge in [-0.1, -0.05) is 0 Å². The van der Waals surface area contributed by atoms with E-state index in [1.54, 1.807) is 17.4 Å². The van der Waals surface area contributed by atoms with Gasteiger partial charge in [-0.3, -0.25) is 4.90 Å². The van der Waals surface area contributed by atoms with Gasteiger partial charge in [0, 0.05) is 23.5 Å². The van der Waals surface area contributed by atoms with Gasteiger partial charge in [-0.05, 0) is 32.2 Å². The van der Waals surface area contributed by atoms with E-state index in [0.717, 1.165) is 12.2 Å². The topological polar surface area (TPSA) is 39.9 Å². The highest BCUT2D eigenvalue weighted by atomic mass is 32.1. The number of rotatable bonds is 4. The second kappa shape index (κ2) is 5.91. The van der Waals surface area contributed by atoms with Crippen molar-refractivity contribution < 1.29 is 4.39 Å². The summed E-state index contributed by atoms with van der Waals surface area (Å²) in [6.07, 6.45) is 0. The number of aryl methyl sites for hydroxylation is 1. The summed E-state index contributed by atoms with van der Waals surface area (Å²) in [6.45, 7) is 3.17. The molecule has 2 rings (SSSR count). The molecule has 19 heavy (non-hydrogen) atoms. The highest BCUT2D eigenvalue weighted by Crippen LogP contribution is 2.17. The van der Waals surface area contributed by atoms with E-state index in [9.17, 15) is 4.39 Å². The lowest BCUT2D eigenvalue weighted by Crippen LogP contribution is -2.18. The molecule has 3 nitrogen and oxygen atoms in total. The largest absolute Gasteiger partial charge is 0.297 e. The second-order valence-corrected chi connectivity index (χ2v) is 5.39. The van der Waals surface area contributed by atoms with Crippen LogP contribution >= 0.6 is 11.3 Å². The first-order valence-corrected chi connectivity index (χ1v) is 6.74. The van der Waals surface area contributed by atoms with Gasteiger partial charge in [0.2, 0.25) is 0 Å². The number of halogens is 1. The Hall–Kier alpha value is -1.77. The van der Waals surface area contributed by atoms with Crippen LogP contribution in [0.15, 0.2) is 23.7 Å². The summed E-state index contributed by atoms with van der Waals surface area (Å²) in [4.78, 5) is 7.39. The summed E-state index contributed by atoms with van der Waals surface area (Å²) in [5, 5.41) is 8.84. The van der Waals surface area contributed by atoms with Crippen molar-refractivity contribution in [3.63, 3.8) is 0 Å². The number of nitriles is 1.